The highest BCUT2D eigenvalue weighted by atomic mass is 16.5. The molecule has 2 aromatic carbocycles. The van der Waals surface area contributed by atoms with Crippen molar-refractivity contribution in [3.8, 4) is 17.2 Å². The summed E-state index contributed by atoms with van der Waals surface area (Å²) in [7, 11) is 1.58. The van der Waals surface area contributed by atoms with E-state index in [1.54, 1.807) is 25.3 Å². The zero-order chi connectivity index (χ0) is 22.0. The van der Waals surface area contributed by atoms with Crippen molar-refractivity contribution in [1.82, 2.24) is 0 Å². The molecule has 0 fully saturated rings. The van der Waals surface area contributed by atoms with E-state index in [-0.39, 0.29) is 18.7 Å². The molecule has 0 atom stereocenters. The van der Waals surface area contributed by atoms with E-state index in [9.17, 15) is 9.59 Å². The molecular weight excluding hydrogens is 398 g/mol. The molecule has 3 aromatic rings. The van der Waals surface area contributed by atoms with Crippen LogP contribution in [0.4, 0.5) is 5.69 Å². The molecular formula is C24H25NO6. The molecule has 1 N–H and O–H groups in total. The Morgan fingerprint density at radius 3 is 2.61 bits per heavy atom. The molecule has 7 nitrogen and oxygen atoms in total. The number of amides is 1. The zero-order valence-electron chi connectivity index (χ0n) is 17.9. The predicted molar refractivity (Wildman–Crippen MR) is 118 cm³/mol. The van der Waals surface area contributed by atoms with Crippen LogP contribution in [0.1, 0.15) is 29.5 Å². The number of carbonyl (C=O) groups excluding carboxylic acids is 1. The van der Waals surface area contributed by atoms with Crippen molar-refractivity contribution in [3.05, 3.63) is 57.4 Å². The van der Waals surface area contributed by atoms with Crippen LogP contribution in [0.5, 0.6) is 17.2 Å². The molecule has 7 heteroatoms. The van der Waals surface area contributed by atoms with Crippen LogP contribution in [0, 0.1) is 13.8 Å². The van der Waals surface area contributed by atoms with Crippen molar-refractivity contribution in [1.29, 1.82) is 0 Å². The molecule has 4 rings (SSSR count). The maximum atomic E-state index is 12.6. The predicted octanol–water partition coefficient (Wildman–Crippen LogP) is 4.15. The molecule has 1 aromatic heterocycles. The summed E-state index contributed by atoms with van der Waals surface area (Å²) in [4.78, 5) is 25.1. The van der Waals surface area contributed by atoms with Crippen molar-refractivity contribution >= 4 is 22.6 Å². The quantitative estimate of drug-likeness (QED) is 0.621. The van der Waals surface area contributed by atoms with E-state index >= 15 is 0 Å². The second kappa shape index (κ2) is 8.71. The van der Waals surface area contributed by atoms with Gasteiger partial charge in [-0.15, -0.1) is 0 Å². The Morgan fingerprint density at radius 1 is 1.06 bits per heavy atom. The number of hydrogen-bond donors (Lipinski definition) is 1. The van der Waals surface area contributed by atoms with Crippen molar-refractivity contribution in [2.45, 2.75) is 33.1 Å². The van der Waals surface area contributed by atoms with Gasteiger partial charge in [-0.1, -0.05) is 0 Å². The highest BCUT2D eigenvalue weighted by Gasteiger charge is 2.17. The second-order valence-corrected chi connectivity index (χ2v) is 7.52. The van der Waals surface area contributed by atoms with Crippen LogP contribution < -0.4 is 25.2 Å². The largest absolute Gasteiger partial charge is 0.496 e. The number of ether oxygens (including phenoxy) is 3. The van der Waals surface area contributed by atoms with E-state index in [1.807, 2.05) is 26.0 Å². The Bertz CT molecular complexity index is 1200. The number of nitrogens with one attached hydrogen (secondary N) is 1. The summed E-state index contributed by atoms with van der Waals surface area (Å²) in [5.41, 5.74) is 2.82. The molecule has 0 bridgehead atoms. The summed E-state index contributed by atoms with van der Waals surface area (Å²) in [6, 6.07) is 9.04. The molecule has 0 saturated heterocycles. The standard InChI is InChI=1S/C24H25NO6/c1-14-17-6-9-19(28-3)15(2)23(17)31-24(27)18(14)7-10-22(26)25-16-5-8-20-21(13-16)30-12-4-11-29-20/h5-6,8-9,13H,4,7,10-12H2,1-3H3,(H,25,26). The summed E-state index contributed by atoms with van der Waals surface area (Å²) < 4.78 is 22.1. The summed E-state index contributed by atoms with van der Waals surface area (Å²) in [5.74, 6) is 1.76. The van der Waals surface area contributed by atoms with Crippen LogP contribution in [0.25, 0.3) is 11.0 Å². The van der Waals surface area contributed by atoms with Crippen LogP contribution in [0.3, 0.4) is 0 Å². The van der Waals surface area contributed by atoms with Crippen LogP contribution in [-0.4, -0.2) is 26.2 Å². The lowest BCUT2D eigenvalue weighted by atomic mass is 10.00. The fraction of sp³-hybridized carbons (Fsp3) is 0.333. The fourth-order valence-electron chi connectivity index (χ4n) is 3.78. The van der Waals surface area contributed by atoms with E-state index in [2.05, 4.69) is 5.32 Å². The molecule has 0 saturated carbocycles. The molecule has 0 radical (unpaired) electrons. The van der Waals surface area contributed by atoms with Gasteiger partial charge in [-0.3, -0.25) is 4.79 Å². The summed E-state index contributed by atoms with van der Waals surface area (Å²) in [6.45, 7) is 4.92. The van der Waals surface area contributed by atoms with Crippen LogP contribution in [-0.2, 0) is 11.2 Å². The minimum atomic E-state index is -0.426. The molecule has 1 amide bonds. The van der Waals surface area contributed by atoms with Gasteiger partial charge in [0.1, 0.15) is 11.3 Å². The van der Waals surface area contributed by atoms with Gasteiger partial charge in [0.05, 0.1) is 20.3 Å². The first-order valence-corrected chi connectivity index (χ1v) is 10.3. The molecule has 31 heavy (non-hydrogen) atoms. The first-order chi connectivity index (χ1) is 15.0. The Hall–Kier alpha value is -3.48. The van der Waals surface area contributed by atoms with Crippen molar-refractivity contribution in [2.24, 2.45) is 0 Å². The van der Waals surface area contributed by atoms with Gasteiger partial charge in [0.25, 0.3) is 0 Å². The number of methoxy groups -OCH3 is 1. The Morgan fingerprint density at radius 2 is 1.84 bits per heavy atom. The number of fused-ring (bicyclic) bond motifs is 2. The van der Waals surface area contributed by atoms with Crippen LogP contribution >= 0.6 is 0 Å². The lowest BCUT2D eigenvalue weighted by Gasteiger charge is -2.12. The van der Waals surface area contributed by atoms with E-state index in [4.69, 9.17) is 18.6 Å². The van der Waals surface area contributed by atoms with Crippen molar-refractivity contribution < 1.29 is 23.4 Å². The first-order valence-electron chi connectivity index (χ1n) is 10.3. The smallest absolute Gasteiger partial charge is 0.339 e. The van der Waals surface area contributed by atoms with Gasteiger partial charge in [-0.2, -0.15) is 0 Å². The average Bonchev–Trinajstić information content (AvgIpc) is 2.99. The number of rotatable bonds is 5. The zero-order valence-corrected chi connectivity index (χ0v) is 17.9. The third-order valence-electron chi connectivity index (χ3n) is 5.51. The number of hydrogen-bond acceptors (Lipinski definition) is 6. The third-order valence-corrected chi connectivity index (χ3v) is 5.51. The molecule has 0 aliphatic carbocycles. The van der Waals surface area contributed by atoms with Crippen molar-refractivity contribution in [2.75, 3.05) is 25.6 Å². The van der Waals surface area contributed by atoms with Gasteiger partial charge in [0.2, 0.25) is 5.91 Å². The number of aryl methyl sites for hydroxylation is 2. The molecule has 0 spiro atoms. The van der Waals surface area contributed by atoms with Gasteiger partial charge >= 0.3 is 5.63 Å². The maximum Gasteiger partial charge on any atom is 0.339 e. The highest BCUT2D eigenvalue weighted by Crippen LogP contribution is 2.32. The molecule has 1 aliphatic heterocycles. The van der Waals surface area contributed by atoms with Gasteiger partial charge in [0, 0.05) is 41.1 Å². The molecule has 1 aliphatic rings. The Balaban J connectivity index is 1.49. The van der Waals surface area contributed by atoms with E-state index in [0.29, 0.717) is 47.3 Å². The highest BCUT2D eigenvalue weighted by molar-refractivity contribution is 5.91. The maximum absolute atomic E-state index is 12.6. The lowest BCUT2D eigenvalue weighted by Crippen LogP contribution is -2.17. The normalized spacial score (nSPS) is 13.0. The second-order valence-electron chi connectivity index (χ2n) is 7.52. The van der Waals surface area contributed by atoms with Crippen LogP contribution in [0.15, 0.2) is 39.5 Å². The van der Waals surface area contributed by atoms with Crippen molar-refractivity contribution in [3.63, 3.8) is 0 Å². The summed E-state index contributed by atoms with van der Waals surface area (Å²) >= 11 is 0. The minimum Gasteiger partial charge on any atom is -0.496 e. The molecule has 162 valence electrons. The average molecular weight is 423 g/mol. The SMILES string of the molecule is COc1ccc2c(C)c(CCC(=O)Nc3ccc4c(c3)OCCCO4)c(=O)oc2c1C. The lowest BCUT2D eigenvalue weighted by molar-refractivity contribution is -0.116. The number of benzene rings is 2. The monoisotopic (exact) mass is 423 g/mol. The topological polar surface area (TPSA) is 87.0 Å². The van der Waals surface area contributed by atoms with E-state index < -0.39 is 5.63 Å². The third kappa shape index (κ3) is 4.21. The Labute approximate surface area is 179 Å². The molecule has 0 unspecified atom stereocenters. The first kappa shape index (κ1) is 20.8. The minimum absolute atomic E-state index is 0.153. The van der Waals surface area contributed by atoms with Gasteiger partial charge in [0.15, 0.2) is 11.5 Å². The summed E-state index contributed by atoms with van der Waals surface area (Å²) in [5, 5.41) is 3.70. The Kier molecular flexibility index (Phi) is 5.84. The summed E-state index contributed by atoms with van der Waals surface area (Å²) in [6.07, 6.45) is 1.25. The van der Waals surface area contributed by atoms with Crippen LogP contribution in [0.2, 0.25) is 0 Å². The number of anilines is 1. The van der Waals surface area contributed by atoms with Gasteiger partial charge < -0.3 is 23.9 Å². The molecule has 2 heterocycles. The van der Waals surface area contributed by atoms with Gasteiger partial charge in [-0.25, -0.2) is 4.79 Å². The van der Waals surface area contributed by atoms with E-state index in [1.165, 1.54) is 0 Å². The number of carbonyl (C=O) groups is 1. The fourth-order valence-corrected chi connectivity index (χ4v) is 3.78. The van der Waals surface area contributed by atoms with E-state index in [0.717, 1.165) is 22.9 Å². The van der Waals surface area contributed by atoms with Gasteiger partial charge in [-0.05, 0) is 50.1 Å².